The molecule has 1 atom stereocenters. The highest BCUT2D eigenvalue weighted by Crippen LogP contribution is 2.24. The third-order valence-corrected chi connectivity index (χ3v) is 2.22. The van der Waals surface area contributed by atoms with E-state index < -0.39 is 17.7 Å². The molecule has 1 unspecified atom stereocenters. The maximum absolute atomic E-state index is 13.1. The maximum atomic E-state index is 13.1. The smallest absolute Gasteiger partial charge is 0.310 e. The quantitative estimate of drug-likeness (QED) is 0.712. The highest BCUT2D eigenvalue weighted by atomic mass is 19.1. The van der Waals surface area contributed by atoms with Crippen molar-refractivity contribution in [1.29, 1.82) is 0 Å². The van der Waals surface area contributed by atoms with Gasteiger partial charge in [0.25, 0.3) is 0 Å². The Morgan fingerprint density at radius 2 is 2.14 bits per heavy atom. The van der Waals surface area contributed by atoms with Crippen LogP contribution >= 0.6 is 0 Å². The SMILES string of the molecule is Cc1cc(N)c(F)cc1C(C)C(=O)O. The average Bonchev–Trinajstić information content (AvgIpc) is 2.10. The van der Waals surface area contributed by atoms with E-state index in [2.05, 4.69) is 0 Å². The zero-order valence-corrected chi connectivity index (χ0v) is 8.04. The molecular formula is C10H12FNO2. The Labute approximate surface area is 81.4 Å². The lowest BCUT2D eigenvalue weighted by Gasteiger charge is -2.11. The summed E-state index contributed by atoms with van der Waals surface area (Å²) in [5.41, 5.74) is 6.54. The molecule has 14 heavy (non-hydrogen) atoms. The van der Waals surface area contributed by atoms with Crippen molar-refractivity contribution in [1.82, 2.24) is 0 Å². The van der Waals surface area contributed by atoms with Crippen LogP contribution < -0.4 is 5.73 Å². The maximum Gasteiger partial charge on any atom is 0.310 e. The van der Waals surface area contributed by atoms with Gasteiger partial charge in [0.2, 0.25) is 0 Å². The Morgan fingerprint density at radius 3 is 2.64 bits per heavy atom. The molecule has 1 aromatic rings. The normalized spacial score (nSPS) is 12.5. The van der Waals surface area contributed by atoms with E-state index >= 15 is 0 Å². The van der Waals surface area contributed by atoms with Crippen LogP contribution in [0.5, 0.6) is 0 Å². The van der Waals surface area contributed by atoms with Crippen LogP contribution in [0.15, 0.2) is 12.1 Å². The first-order valence-corrected chi connectivity index (χ1v) is 4.21. The van der Waals surface area contributed by atoms with E-state index in [1.165, 1.54) is 19.1 Å². The molecule has 0 spiro atoms. The van der Waals surface area contributed by atoms with Crippen LogP contribution in [0.2, 0.25) is 0 Å². The number of aryl methyl sites for hydroxylation is 1. The number of carbonyl (C=O) groups is 1. The first kappa shape index (κ1) is 10.5. The molecule has 0 fully saturated rings. The average molecular weight is 197 g/mol. The summed E-state index contributed by atoms with van der Waals surface area (Å²) in [5, 5.41) is 8.77. The van der Waals surface area contributed by atoms with Gasteiger partial charge in [0, 0.05) is 0 Å². The zero-order chi connectivity index (χ0) is 10.9. The molecule has 3 nitrogen and oxygen atoms in total. The highest BCUT2D eigenvalue weighted by Gasteiger charge is 2.17. The highest BCUT2D eigenvalue weighted by molar-refractivity contribution is 5.76. The number of anilines is 1. The zero-order valence-electron chi connectivity index (χ0n) is 8.04. The molecule has 0 aliphatic heterocycles. The Morgan fingerprint density at radius 1 is 1.57 bits per heavy atom. The van der Waals surface area contributed by atoms with Gasteiger partial charge in [-0.2, -0.15) is 0 Å². The molecule has 0 bridgehead atoms. The van der Waals surface area contributed by atoms with Gasteiger partial charge in [-0.05, 0) is 37.1 Å². The number of halogens is 1. The molecule has 0 heterocycles. The van der Waals surface area contributed by atoms with Crippen LogP contribution in [-0.4, -0.2) is 11.1 Å². The topological polar surface area (TPSA) is 63.3 Å². The van der Waals surface area contributed by atoms with Gasteiger partial charge in [-0.1, -0.05) is 0 Å². The van der Waals surface area contributed by atoms with E-state index in [1.54, 1.807) is 6.92 Å². The second-order valence-corrected chi connectivity index (χ2v) is 3.29. The van der Waals surface area contributed by atoms with Crippen LogP contribution in [0.4, 0.5) is 10.1 Å². The molecule has 1 aromatic carbocycles. The minimum Gasteiger partial charge on any atom is -0.481 e. The van der Waals surface area contributed by atoms with E-state index in [9.17, 15) is 9.18 Å². The third-order valence-electron chi connectivity index (χ3n) is 2.22. The number of nitrogens with two attached hydrogens (primary N) is 1. The lowest BCUT2D eigenvalue weighted by atomic mass is 9.96. The molecule has 76 valence electrons. The molecule has 0 aliphatic rings. The molecular weight excluding hydrogens is 185 g/mol. The van der Waals surface area contributed by atoms with Gasteiger partial charge in [0.05, 0.1) is 11.6 Å². The number of aliphatic carboxylic acids is 1. The van der Waals surface area contributed by atoms with Crippen LogP contribution in [0.3, 0.4) is 0 Å². The van der Waals surface area contributed by atoms with Crippen molar-refractivity contribution in [2.75, 3.05) is 5.73 Å². The standard InChI is InChI=1S/C10H12FNO2/c1-5-3-9(12)8(11)4-7(5)6(2)10(13)14/h3-4,6H,12H2,1-2H3,(H,13,14). The van der Waals surface area contributed by atoms with Crippen LogP contribution in [0, 0.1) is 12.7 Å². The number of hydrogen-bond donors (Lipinski definition) is 2. The van der Waals surface area contributed by atoms with Gasteiger partial charge >= 0.3 is 5.97 Å². The van der Waals surface area contributed by atoms with Crippen molar-refractivity contribution in [3.8, 4) is 0 Å². The van der Waals surface area contributed by atoms with E-state index in [4.69, 9.17) is 10.8 Å². The molecule has 1 rings (SSSR count). The first-order valence-electron chi connectivity index (χ1n) is 4.21. The second-order valence-electron chi connectivity index (χ2n) is 3.29. The molecule has 0 aromatic heterocycles. The summed E-state index contributed by atoms with van der Waals surface area (Å²) in [6.07, 6.45) is 0. The summed E-state index contributed by atoms with van der Waals surface area (Å²) in [5.74, 6) is -2.26. The summed E-state index contributed by atoms with van der Waals surface area (Å²) < 4.78 is 13.1. The van der Waals surface area contributed by atoms with Gasteiger partial charge in [-0.3, -0.25) is 4.79 Å². The fourth-order valence-corrected chi connectivity index (χ4v) is 1.32. The van der Waals surface area contributed by atoms with E-state index in [0.29, 0.717) is 11.1 Å². The van der Waals surface area contributed by atoms with E-state index in [0.717, 1.165) is 0 Å². The number of carboxylic acids is 1. The fraction of sp³-hybridized carbons (Fsp3) is 0.300. The summed E-state index contributed by atoms with van der Waals surface area (Å²) in [7, 11) is 0. The summed E-state index contributed by atoms with van der Waals surface area (Å²) in [6.45, 7) is 3.23. The monoisotopic (exact) mass is 197 g/mol. The Bertz CT molecular complexity index is 377. The lowest BCUT2D eigenvalue weighted by Crippen LogP contribution is -2.10. The van der Waals surface area contributed by atoms with Crippen LogP contribution in [-0.2, 0) is 4.79 Å². The van der Waals surface area contributed by atoms with Crippen molar-refractivity contribution in [3.05, 3.63) is 29.1 Å². The molecule has 0 aliphatic carbocycles. The fourth-order valence-electron chi connectivity index (χ4n) is 1.32. The lowest BCUT2D eigenvalue weighted by molar-refractivity contribution is -0.138. The third kappa shape index (κ3) is 1.84. The Balaban J connectivity index is 3.22. The van der Waals surface area contributed by atoms with Gasteiger partial charge in [-0.15, -0.1) is 0 Å². The van der Waals surface area contributed by atoms with Crippen molar-refractivity contribution in [3.63, 3.8) is 0 Å². The van der Waals surface area contributed by atoms with Crippen molar-refractivity contribution >= 4 is 11.7 Å². The summed E-state index contributed by atoms with van der Waals surface area (Å²) in [6, 6.07) is 2.63. The molecule has 0 radical (unpaired) electrons. The number of benzene rings is 1. The Kier molecular flexibility index (Phi) is 2.74. The van der Waals surface area contributed by atoms with Gasteiger partial charge in [0.1, 0.15) is 5.82 Å². The van der Waals surface area contributed by atoms with Gasteiger partial charge < -0.3 is 10.8 Å². The summed E-state index contributed by atoms with van der Waals surface area (Å²) in [4.78, 5) is 10.7. The minimum atomic E-state index is -0.975. The molecule has 4 heteroatoms. The van der Waals surface area contributed by atoms with Crippen molar-refractivity contribution < 1.29 is 14.3 Å². The predicted molar refractivity (Wildman–Crippen MR) is 51.6 cm³/mol. The molecule has 0 amide bonds. The second kappa shape index (κ2) is 3.65. The Hall–Kier alpha value is -1.58. The van der Waals surface area contributed by atoms with Crippen molar-refractivity contribution in [2.24, 2.45) is 0 Å². The molecule has 0 saturated carbocycles. The first-order chi connectivity index (χ1) is 6.43. The van der Waals surface area contributed by atoms with Crippen LogP contribution in [0.1, 0.15) is 24.0 Å². The number of carboxylic acid groups (broad SMARTS) is 1. The van der Waals surface area contributed by atoms with Crippen LogP contribution in [0.25, 0.3) is 0 Å². The number of nitrogen functional groups attached to an aromatic ring is 1. The van der Waals surface area contributed by atoms with E-state index in [-0.39, 0.29) is 5.69 Å². The predicted octanol–water partition coefficient (Wildman–Crippen LogP) is 1.90. The molecule has 0 saturated heterocycles. The largest absolute Gasteiger partial charge is 0.481 e. The number of rotatable bonds is 2. The number of hydrogen-bond acceptors (Lipinski definition) is 2. The van der Waals surface area contributed by atoms with Gasteiger partial charge in [-0.25, -0.2) is 4.39 Å². The van der Waals surface area contributed by atoms with E-state index in [1.807, 2.05) is 0 Å². The minimum absolute atomic E-state index is 0.0452. The van der Waals surface area contributed by atoms with Gasteiger partial charge in [0.15, 0.2) is 0 Å². The summed E-state index contributed by atoms with van der Waals surface area (Å²) >= 11 is 0. The van der Waals surface area contributed by atoms with Crippen molar-refractivity contribution in [2.45, 2.75) is 19.8 Å². The molecule has 3 N–H and O–H groups in total.